The highest BCUT2D eigenvalue weighted by Gasteiger charge is 2.22. The van der Waals surface area contributed by atoms with Gasteiger partial charge in [-0.05, 0) is 44.1 Å². The Morgan fingerprint density at radius 3 is 2.81 bits per heavy atom. The molecular weight excluding hydrogens is 344 g/mol. The minimum atomic E-state index is 0.0478. The van der Waals surface area contributed by atoms with Crippen LogP contribution in [0.4, 0.5) is 0 Å². The van der Waals surface area contributed by atoms with Crippen LogP contribution in [0.3, 0.4) is 0 Å². The molecule has 7 nitrogen and oxygen atoms in total. The number of ether oxygens (including phenoxy) is 1. The van der Waals surface area contributed by atoms with Gasteiger partial charge in [-0.25, -0.2) is 0 Å². The lowest BCUT2D eigenvalue weighted by atomic mass is 9.92. The van der Waals surface area contributed by atoms with E-state index < -0.39 is 0 Å². The fraction of sp³-hybridized carbons (Fsp3) is 0.650. The zero-order valence-electron chi connectivity index (χ0n) is 16.1. The van der Waals surface area contributed by atoms with Gasteiger partial charge < -0.3 is 15.0 Å². The molecule has 2 aliphatic rings. The number of aryl methyl sites for hydroxylation is 1. The van der Waals surface area contributed by atoms with Crippen LogP contribution in [-0.4, -0.2) is 58.8 Å². The molecule has 148 valence electrons. The first-order valence-corrected chi connectivity index (χ1v) is 9.94. The van der Waals surface area contributed by atoms with E-state index in [1.54, 1.807) is 23.0 Å². The number of carbonyl (C=O) groups excluding carboxylic acids is 2. The van der Waals surface area contributed by atoms with Gasteiger partial charge >= 0.3 is 0 Å². The monoisotopic (exact) mass is 374 g/mol. The van der Waals surface area contributed by atoms with E-state index in [0.29, 0.717) is 18.9 Å². The molecular formula is C20H30N4O3. The summed E-state index contributed by atoms with van der Waals surface area (Å²) < 4.78 is 7.23. The van der Waals surface area contributed by atoms with Crippen LogP contribution in [0, 0.1) is 5.92 Å². The third-order valence-corrected chi connectivity index (χ3v) is 5.40. The molecule has 7 heteroatoms. The van der Waals surface area contributed by atoms with Crippen LogP contribution >= 0.6 is 0 Å². The quantitative estimate of drug-likeness (QED) is 0.738. The molecule has 2 aliphatic heterocycles. The van der Waals surface area contributed by atoms with Gasteiger partial charge in [0.05, 0.1) is 12.3 Å². The molecule has 0 radical (unpaired) electrons. The van der Waals surface area contributed by atoms with Crippen LogP contribution in [0.15, 0.2) is 18.5 Å². The number of hydrogen-bond acceptors (Lipinski definition) is 4. The Morgan fingerprint density at radius 2 is 2.15 bits per heavy atom. The lowest BCUT2D eigenvalue weighted by molar-refractivity contribution is -0.127. The van der Waals surface area contributed by atoms with E-state index in [0.717, 1.165) is 57.4 Å². The molecule has 2 fully saturated rings. The predicted octanol–water partition coefficient (Wildman–Crippen LogP) is 1.75. The van der Waals surface area contributed by atoms with Gasteiger partial charge in [0.1, 0.15) is 0 Å². The molecule has 0 bridgehead atoms. The Morgan fingerprint density at radius 1 is 1.33 bits per heavy atom. The standard InChI is InChI=1S/C20H30N4O3/c1-23-15-17(13-22-23)5-7-20(26)24-10-8-16(9-11-24)4-6-19(25)21-14-18-3-2-12-27-18/h5,7,13,15-16,18H,2-4,6,8-12,14H2,1H3,(H,21,25)/b7-5+/t18-/m1/s1. The number of piperidine rings is 1. The minimum Gasteiger partial charge on any atom is -0.376 e. The fourth-order valence-electron chi connectivity index (χ4n) is 3.70. The first-order chi connectivity index (χ1) is 13.1. The third-order valence-electron chi connectivity index (χ3n) is 5.40. The summed E-state index contributed by atoms with van der Waals surface area (Å²) in [6, 6.07) is 0. The summed E-state index contributed by atoms with van der Waals surface area (Å²) in [5.41, 5.74) is 0.926. The van der Waals surface area contributed by atoms with Crippen LogP contribution in [0.2, 0.25) is 0 Å². The number of carbonyl (C=O) groups is 2. The topological polar surface area (TPSA) is 76.5 Å². The van der Waals surface area contributed by atoms with Crippen LogP contribution in [-0.2, 0) is 21.4 Å². The van der Waals surface area contributed by atoms with Crippen LogP contribution in [0.25, 0.3) is 6.08 Å². The molecule has 27 heavy (non-hydrogen) atoms. The van der Waals surface area contributed by atoms with Crippen molar-refractivity contribution in [3.05, 3.63) is 24.0 Å². The van der Waals surface area contributed by atoms with E-state index in [-0.39, 0.29) is 17.9 Å². The molecule has 2 saturated heterocycles. The highest BCUT2D eigenvalue weighted by Crippen LogP contribution is 2.22. The Balaban J connectivity index is 1.31. The van der Waals surface area contributed by atoms with Crippen molar-refractivity contribution in [3.63, 3.8) is 0 Å². The zero-order valence-corrected chi connectivity index (χ0v) is 16.1. The largest absolute Gasteiger partial charge is 0.376 e. The Labute approximate surface area is 160 Å². The van der Waals surface area contributed by atoms with E-state index >= 15 is 0 Å². The second-order valence-corrected chi connectivity index (χ2v) is 7.53. The van der Waals surface area contributed by atoms with Crippen LogP contribution in [0.1, 0.15) is 44.1 Å². The molecule has 3 rings (SSSR count). The lowest BCUT2D eigenvalue weighted by Gasteiger charge is -2.31. The zero-order chi connectivity index (χ0) is 19.1. The molecule has 0 saturated carbocycles. The van der Waals surface area contributed by atoms with Gasteiger partial charge in [-0.15, -0.1) is 0 Å². The van der Waals surface area contributed by atoms with Crippen LogP contribution in [0.5, 0.6) is 0 Å². The summed E-state index contributed by atoms with van der Waals surface area (Å²) in [5.74, 6) is 0.680. The second kappa shape index (κ2) is 9.69. The summed E-state index contributed by atoms with van der Waals surface area (Å²) >= 11 is 0. The van der Waals surface area contributed by atoms with Crippen LogP contribution < -0.4 is 5.32 Å². The normalized spacial score (nSPS) is 21.1. The van der Waals surface area contributed by atoms with E-state index in [1.807, 2.05) is 18.1 Å². The number of aromatic nitrogens is 2. The second-order valence-electron chi connectivity index (χ2n) is 7.53. The van der Waals surface area contributed by atoms with Crippen molar-refractivity contribution >= 4 is 17.9 Å². The van der Waals surface area contributed by atoms with Crippen molar-refractivity contribution in [1.82, 2.24) is 20.0 Å². The summed E-state index contributed by atoms with van der Waals surface area (Å²) in [4.78, 5) is 26.2. The lowest BCUT2D eigenvalue weighted by Crippen LogP contribution is -2.38. The molecule has 1 aromatic rings. The highest BCUT2D eigenvalue weighted by atomic mass is 16.5. The molecule has 1 atom stereocenters. The van der Waals surface area contributed by atoms with Crippen molar-refractivity contribution in [3.8, 4) is 0 Å². The number of rotatable bonds is 7. The number of hydrogen-bond donors (Lipinski definition) is 1. The fourth-order valence-corrected chi connectivity index (χ4v) is 3.70. The van der Waals surface area contributed by atoms with E-state index in [4.69, 9.17) is 4.74 Å². The van der Waals surface area contributed by atoms with Gasteiger partial charge in [0.15, 0.2) is 0 Å². The van der Waals surface area contributed by atoms with E-state index in [9.17, 15) is 9.59 Å². The van der Waals surface area contributed by atoms with Gasteiger partial charge in [0, 0.05) is 57.5 Å². The maximum atomic E-state index is 12.3. The molecule has 0 aromatic carbocycles. The van der Waals surface area contributed by atoms with Crippen molar-refractivity contribution in [2.24, 2.45) is 13.0 Å². The summed E-state index contributed by atoms with van der Waals surface area (Å²) in [6.07, 6.45) is 12.8. The first-order valence-electron chi connectivity index (χ1n) is 9.94. The van der Waals surface area contributed by atoms with Gasteiger partial charge in [-0.2, -0.15) is 5.10 Å². The number of amides is 2. The Kier molecular flexibility index (Phi) is 7.04. The smallest absolute Gasteiger partial charge is 0.246 e. The predicted molar refractivity (Wildman–Crippen MR) is 103 cm³/mol. The maximum Gasteiger partial charge on any atom is 0.246 e. The summed E-state index contributed by atoms with van der Waals surface area (Å²) in [5, 5.41) is 7.07. The van der Waals surface area contributed by atoms with Crippen molar-refractivity contribution in [2.45, 2.75) is 44.6 Å². The first kappa shape index (κ1) is 19.6. The molecule has 0 spiro atoms. The molecule has 1 aromatic heterocycles. The molecule has 0 unspecified atom stereocenters. The highest BCUT2D eigenvalue weighted by molar-refractivity contribution is 5.91. The molecule has 2 amide bonds. The maximum absolute atomic E-state index is 12.3. The number of likely N-dealkylation sites (tertiary alicyclic amines) is 1. The average molecular weight is 374 g/mol. The van der Waals surface area contributed by atoms with Crippen molar-refractivity contribution in [2.75, 3.05) is 26.2 Å². The molecule has 3 heterocycles. The number of nitrogens with one attached hydrogen (secondary N) is 1. The Hall–Kier alpha value is -2.15. The summed E-state index contributed by atoms with van der Waals surface area (Å²) in [7, 11) is 1.85. The molecule has 1 N–H and O–H groups in total. The minimum absolute atomic E-state index is 0.0478. The van der Waals surface area contributed by atoms with Gasteiger partial charge in [-0.1, -0.05) is 0 Å². The van der Waals surface area contributed by atoms with Gasteiger partial charge in [0.2, 0.25) is 11.8 Å². The van der Waals surface area contributed by atoms with Gasteiger partial charge in [-0.3, -0.25) is 14.3 Å². The molecule has 0 aliphatic carbocycles. The van der Waals surface area contributed by atoms with Crippen molar-refractivity contribution < 1.29 is 14.3 Å². The van der Waals surface area contributed by atoms with Crippen molar-refractivity contribution in [1.29, 1.82) is 0 Å². The SMILES string of the molecule is Cn1cc(/C=C/C(=O)N2CCC(CCC(=O)NC[C@H]3CCCO3)CC2)cn1. The number of nitrogens with zero attached hydrogens (tertiary/aromatic N) is 3. The van der Waals surface area contributed by atoms with E-state index in [2.05, 4.69) is 10.4 Å². The van der Waals surface area contributed by atoms with Gasteiger partial charge in [0.25, 0.3) is 0 Å². The third kappa shape index (κ3) is 6.20. The average Bonchev–Trinajstić information content (AvgIpc) is 3.34. The Bertz CT molecular complexity index is 656. The summed E-state index contributed by atoms with van der Waals surface area (Å²) in [6.45, 7) is 2.97. The van der Waals surface area contributed by atoms with E-state index in [1.165, 1.54) is 0 Å².